The maximum atomic E-state index is 5.61. The van der Waals surface area contributed by atoms with Gasteiger partial charge in [0.05, 0.1) is 0 Å². The summed E-state index contributed by atoms with van der Waals surface area (Å²) in [4.78, 5) is 13.5. The summed E-state index contributed by atoms with van der Waals surface area (Å²) in [5.74, 6) is 4.04. The second-order valence-electron chi connectivity index (χ2n) is 18.7. The minimum absolute atomic E-state index is 0.0184. The minimum Gasteiger partial charge on any atom is -0.364 e. The van der Waals surface area contributed by atoms with Gasteiger partial charge in [-0.25, -0.2) is 0 Å². The Bertz CT molecular complexity index is 1640. The van der Waals surface area contributed by atoms with Crippen LogP contribution < -0.4 is 0 Å². The summed E-state index contributed by atoms with van der Waals surface area (Å²) < 4.78 is 3.83. The quantitative estimate of drug-likeness (QED) is 0.0695. The summed E-state index contributed by atoms with van der Waals surface area (Å²) in [5, 5.41) is 0. The number of thioether (sulfide) groups is 4. The maximum absolute atomic E-state index is 5.61. The van der Waals surface area contributed by atoms with E-state index in [1.165, 1.54) is 73.6 Å². The summed E-state index contributed by atoms with van der Waals surface area (Å²) in [7, 11) is 16.3. The van der Waals surface area contributed by atoms with Crippen LogP contribution in [0.5, 0.6) is 0 Å². The molecule has 0 heterocycles. The molecule has 1 aliphatic carbocycles. The second-order valence-corrected chi connectivity index (χ2v) is 25.6. The number of hydrogen-bond donors (Lipinski definition) is 0. The van der Waals surface area contributed by atoms with Crippen molar-refractivity contribution in [1.29, 1.82) is 0 Å². The van der Waals surface area contributed by atoms with E-state index in [0.29, 0.717) is 0 Å². The lowest BCUT2D eigenvalue weighted by Gasteiger charge is -2.34. The third kappa shape index (κ3) is 18.7. The molecule has 0 bridgehead atoms. The molecular formula is C49H80N6S8. The smallest absolute Gasteiger partial charge is 0.135 e. The van der Waals surface area contributed by atoms with Crippen LogP contribution in [0.4, 0.5) is 0 Å². The molecule has 14 heteroatoms. The predicted molar refractivity (Wildman–Crippen MR) is 306 cm³/mol. The van der Waals surface area contributed by atoms with Crippen molar-refractivity contribution >= 4 is 113 Å². The van der Waals surface area contributed by atoms with E-state index in [-0.39, 0.29) is 10.8 Å². The Morgan fingerprint density at radius 3 is 1.21 bits per heavy atom. The lowest BCUT2D eigenvalue weighted by Crippen LogP contribution is -2.31. The van der Waals surface area contributed by atoms with Crippen LogP contribution in [0.2, 0.25) is 0 Å². The molecular weight excluding hydrogens is 929 g/mol. The van der Waals surface area contributed by atoms with Crippen LogP contribution in [0, 0.1) is 0 Å². The maximum Gasteiger partial charge on any atom is 0.135 e. The van der Waals surface area contributed by atoms with Gasteiger partial charge in [0.2, 0.25) is 0 Å². The number of nitrogens with zero attached hydrogens (tertiary/aromatic N) is 6. The molecule has 0 aliphatic heterocycles. The summed E-state index contributed by atoms with van der Waals surface area (Å²) in [6.07, 6.45) is 10.7. The van der Waals surface area contributed by atoms with Crippen molar-refractivity contribution in [3.05, 3.63) is 58.7 Å². The van der Waals surface area contributed by atoms with Crippen molar-refractivity contribution in [2.75, 3.05) is 119 Å². The molecule has 0 N–H and O–H groups in total. The first-order valence-electron chi connectivity index (χ1n) is 22.9. The van der Waals surface area contributed by atoms with Crippen molar-refractivity contribution in [1.82, 2.24) is 29.4 Å². The summed E-state index contributed by atoms with van der Waals surface area (Å²) >= 11 is 29.6. The minimum atomic E-state index is 0.0184. The third-order valence-electron chi connectivity index (χ3n) is 11.8. The van der Waals surface area contributed by atoms with E-state index in [2.05, 4.69) is 73.9 Å². The SMILES string of the molecule is CCc1ccc2c(c1)C(CCCCCN(CCSC(=S)N(C)C)CCSC(=S)N(C)C)(CCCCCN(CCSC(=S)N(C)C)CCSC(=S)N(C)C)c1cc(C(C)(C)C)ccc1-2. The largest absolute Gasteiger partial charge is 0.364 e. The number of unbranched alkanes of at least 4 members (excludes halogenated alkanes) is 4. The fourth-order valence-corrected chi connectivity index (χ4v) is 12.1. The molecule has 354 valence electrons. The van der Waals surface area contributed by atoms with E-state index >= 15 is 0 Å². The molecule has 2 aromatic rings. The predicted octanol–water partition coefficient (Wildman–Crippen LogP) is 11.9. The molecule has 63 heavy (non-hydrogen) atoms. The highest BCUT2D eigenvalue weighted by Gasteiger charge is 2.43. The Hall–Kier alpha value is -0.680. The molecule has 2 aromatic carbocycles. The fraction of sp³-hybridized carbons (Fsp3) is 0.673. The van der Waals surface area contributed by atoms with Gasteiger partial charge in [0, 0.05) is 111 Å². The molecule has 3 rings (SSSR count). The van der Waals surface area contributed by atoms with Gasteiger partial charge in [0.1, 0.15) is 17.3 Å². The van der Waals surface area contributed by atoms with Crippen LogP contribution in [0.3, 0.4) is 0 Å². The number of hydrogen-bond acceptors (Lipinski definition) is 10. The lowest BCUT2D eigenvalue weighted by molar-refractivity contribution is 0.293. The molecule has 0 saturated heterocycles. The first-order chi connectivity index (χ1) is 29.8. The van der Waals surface area contributed by atoms with Crippen molar-refractivity contribution in [2.24, 2.45) is 0 Å². The Labute approximate surface area is 423 Å². The molecule has 0 unspecified atom stereocenters. The van der Waals surface area contributed by atoms with Gasteiger partial charge in [0.25, 0.3) is 0 Å². The molecule has 0 spiro atoms. The average molecular weight is 1010 g/mol. The van der Waals surface area contributed by atoms with Crippen LogP contribution in [0.25, 0.3) is 11.1 Å². The van der Waals surface area contributed by atoms with Crippen molar-refractivity contribution in [3.8, 4) is 11.1 Å². The second kappa shape index (κ2) is 28.6. The Morgan fingerprint density at radius 1 is 0.492 bits per heavy atom. The number of benzene rings is 2. The van der Waals surface area contributed by atoms with E-state index < -0.39 is 0 Å². The van der Waals surface area contributed by atoms with Crippen LogP contribution in [-0.4, -0.2) is 165 Å². The van der Waals surface area contributed by atoms with E-state index in [0.717, 1.165) is 86.0 Å². The van der Waals surface area contributed by atoms with E-state index in [4.69, 9.17) is 48.9 Å². The number of thiocarbonyl (C=S) groups is 4. The molecule has 1 aliphatic rings. The van der Waals surface area contributed by atoms with Gasteiger partial charge in [-0.15, -0.1) is 0 Å². The van der Waals surface area contributed by atoms with Gasteiger partial charge in [-0.1, -0.05) is 186 Å². The fourth-order valence-electron chi connectivity index (χ4n) is 8.01. The molecule has 0 saturated carbocycles. The molecule has 0 fully saturated rings. The van der Waals surface area contributed by atoms with E-state index in [1.54, 1.807) is 58.2 Å². The van der Waals surface area contributed by atoms with Gasteiger partial charge in [0.15, 0.2) is 0 Å². The van der Waals surface area contributed by atoms with Crippen LogP contribution in [0.1, 0.15) is 101 Å². The number of aryl methyl sites for hydroxylation is 1. The first kappa shape index (κ1) is 56.6. The molecule has 0 amide bonds. The highest BCUT2D eigenvalue weighted by Crippen LogP contribution is 2.55. The zero-order chi connectivity index (χ0) is 46.7. The number of rotatable bonds is 25. The summed E-state index contributed by atoms with van der Waals surface area (Å²) in [6, 6.07) is 14.9. The molecule has 0 aromatic heterocycles. The molecule has 0 radical (unpaired) electrons. The summed E-state index contributed by atoms with van der Waals surface area (Å²) in [6.45, 7) is 15.8. The van der Waals surface area contributed by atoms with Gasteiger partial charge in [-0.2, -0.15) is 0 Å². The van der Waals surface area contributed by atoms with Crippen molar-refractivity contribution in [2.45, 2.75) is 96.3 Å². The zero-order valence-corrected chi connectivity index (χ0v) is 47.4. The highest BCUT2D eigenvalue weighted by atomic mass is 32.2. The van der Waals surface area contributed by atoms with Crippen molar-refractivity contribution in [3.63, 3.8) is 0 Å². The van der Waals surface area contributed by atoms with Gasteiger partial charge in [-0.3, -0.25) is 0 Å². The van der Waals surface area contributed by atoms with Crippen LogP contribution in [0.15, 0.2) is 36.4 Å². The number of fused-ring (bicyclic) bond motifs is 3. The Balaban J connectivity index is 1.81. The summed E-state index contributed by atoms with van der Waals surface area (Å²) in [5.41, 5.74) is 9.07. The monoisotopic (exact) mass is 1010 g/mol. The highest BCUT2D eigenvalue weighted by molar-refractivity contribution is 8.24. The zero-order valence-electron chi connectivity index (χ0n) is 40.8. The van der Waals surface area contributed by atoms with Gasteiger partial charge >= 0.3 is 0 Å². The lowest BCUT2D eigenvalue weighted by atomic mass is 9.69. The van der Waals surface area contributed by atoms with E-state index in [1.807, 2.05) is 76.0 Å². The third-order valence-corrected chi connectivity index (χ3v) is 18.7. The van der Waals surface area contributed by atoms with Crippen LogP contribution in [-0.2, 0) is 17.3 Å². The van der Waals surface area contributed by atoms with Crippen LogP contribution >= 0.6 is 95.9 Å². The Kier molecular flexibility index (Phi) is 25.7. The molecule has 6 nitrogen and oxygen atoms in total. The standard InChI is InChI=1S/C49H80N6S8/c1-13-38-20-22-40-41-23-21-39(48(2,3)4)37-43(41)49(42(40)36-38,24-16-14-18-26-54(28-32-60-44(56)50(5)6)29-33-61-45(57)51(7)8)25-17-15-19-27-55(30-34-62-46(58)52(9)10)31-35-63-47(59)53(11)12/h20-23,36-37H,13-19,24-35H2,1-12H3. The van der Waals surface area contributed by atoms with E-state index in [9.17, 15) is 0 Å². The van der Waals surface area contributed by atoms with Crippen molar-refractivity contribution < 1.29 is 0 Å². The molecule has 0 atom stereocenters. The topological polar surface area (TPSA) is 19.4 Å². The first-order valence-corrected chi connectivity index (χ1v) is 28.5. The average Bonchev–Trinajstić information content (AvgIpc) is 3.49. The normalized spacial score (nSPS) is 13.0. The Morgan fingerprint density at radius 2 is 0.857 bits per heavy atom. The van der Waals surface area contributed by atoms with Gasteiger partial charge < -0.3 is 29.4 Å². The van der Waals surface area contributed by atoms with Gasteiger partial charge in [-0.05, 0) is 84.0 Å².